The van der Waals surface area contributed by atoms with Crippen LogP contribution in [0, 0.1) is 0 Å². The van der Waals surface area contributed by atoms with Gasteiger partial charge >= 0.3 is 11.9 Å². The molecule has 4 nitrogen and oxygen atoms in total. The van der Waals surface area contributed by atoms with Gasteiger partial charge in [-0.15, -0.1) is 0 Å². The maximum Gasteiger partial charge on any atom is 0.307 e. The summed E-state index contributed by atoms with van der Waals surface area (Å²) in [5, 5.41) is 17.4. The molecule has 0 atom stereocenters. The Morgan fingerprint density at radius 3 is 1.80 bits per heavy atom. The zero-order valence-electron chi connectivity index (χ0n) is 7.74. The zero-order chi connectivity index (χ0) is 11.4. The molecular weight excluding hydrogens is 220 g/mol. The van der Waals surface area contributed by atoms with Gasteiger partial charge in [0.25, 0.3) is 0 Å². The Labute approximate surface area is 91.1 Å². The van der Waals surface area contributed by atoms with Crippen LogP contribution in [0.1, 0.15) is 11.1 Å². The highest BCUT2D eigenvalue weighted by molar-refractivity contribution is 6.32. The second-order valence-corrected chi connectivity index (χ2v) is 3.41. The molecular formula is C10H9ClO4. The van der Waals surface area contributed by atoms with Crippen molar-refractivity contribution in [3.05, 3.63) is 34.3 Å². The number of hydrogen-bond donors (Lipinski definition) is 2. The van der Waals surface area contributed by atoms with Crippen LogP contribution in [0.5, 0.6) is 0 Å². The summed E-state index contributed by atoms with van der Waals surface area (Å²) in [6.07, 6.45) is -0.404. The van der Waals surface area contributed by atoms with E-state index in [1.54, 1.807) is 18.2 Å². The Morgan fingerprint density at radius 1 is 1.07 bits per heavy atom. The van der Waals surface area contributed by atoms with Crippen molar-refractivity contribution in [2.75, 3.05) is 0 Å². The van der Waals surface area contributed by atoms with Crippen LogP contribution in [-0.2, 0) is 22.4 Å². The van der Waals surface area contributed by atoms with Crippen molar-refractivity contribution in [1.29, 1.82) is 0 Å². The molecule has 0 fully saturated rings. The van der Waals surface area contributed by atoms with Crippen molar-refractivity contribution >= 4 is 23.5 Å². The third kappa shape index (κ3) is 3.25. The van der Waals surface area contributed by atoms with E-state index in [1.165, 1.54) is 0 Å². The van der Waals surface area contributed by atoms with Gasteiger partial charge in [0, 0.05) is 5.02 Å². The quantitative estimate of drug-likeness (QED) is 0.821. The number of benzene rings is 1. The third-order valence-corrected chi connectivity index (χ3v) is 2.33. The van der Waals surface area contributed by atoms with Crippen molar-refractivity contribution in [2.45, 2.75) is 12.8 Å². The van der Waals surface area contributed by atoms with Crippen molar-refractivity contribution in [3.63, 3.8) is 0 Å². The van der Waals surface area contributed by atoms with Gasteiger partial charge in [0.05, 0.1) is 12.8 Å². The van der Waals surface area contributed by atoms with E-state index >= 15 is 0 Å². The van der Waals surface area contributed by atoms with Gasteiger partial charge in [-0.05, 0) is 11.1 Å². The van der Waals surface area contributed by atoms with E-state index in [4.69, 9.17) is 21.8 Å². The molecule has 15 heavy (non-hydrogen) atoms. The Bertz CT molecular complexity index is 366. The highest BCUT2D eigenvalue weighted by atomic mass is 35.5. The summed E-state index contributed by atoms with van der Waals surface area (Å²) in [4.78, 5) is 21.0. The van der Waals surface area contributed by atoms with Gasteiger partial charge in [-0.3, -0.25) is 9.59 Å². The molecule has 0 heterocycles. The van der Waals surface area contributed by atoms with Crippen LogP contribution in [0.3, 0.4) is 0 Å². The van der Waals surface area contributed by atoms with Gasteiger partial charge in [-0.25, -0.2) is 0 Å². The van der Waals surface area contributed by atoms with Crippen LogP contribution >= 0.6 is 11.6 Å². The lowest BCUT2D eigenvalue weighted by Crippen LogP contribution is -2.05. The van der Waals surface area contributed by atoms with Crippen LogP contribution < -0.4 is 0 Å². The van der Waals surface area contributed by atoms with E-state index < -0.39 is 11.9 Å². The SMILES string of the molecule is O=C(O)Cc1cccc(CC(=O)O)c1Cl. The molecule has 0 aliphatic carbocycles. The molecule has 80 valence electrons. The smallest absolute Gasteiger partial charge is 0.307 e. The second-order valence-electron chi connectivity index (χ2n) is 3.03. The summed E-state index contributed by atoms with van der Waals surface area (Å²) < 4.78 is 0. The Morgan fingerprint density at radius 2 is 1.47 bits per heavy atom. The average molecular weight is 229 g/mol. The van der Waals surface area contributed by atoms with E-state index in [-0.39, 0.29) is 17.9 Å². The van der Waals surface area contributed by atoms with E-state index in [9.17, 15) is 9.59 Å². The summed E-state index contributed by atoms with van der Waals surface area (Å²) >= 11 is 5.87. The van der Waals surface area contributed by atoms with Crippen molar-refractivity contribution < 1.29 is 19.8 Å². The molecule has 0 saturated carbocycles. The summed E-state index contributed by atoms with van der Waals surface area (Å²) in [5.41, 5.74) is 0.867. The summed E-state index contributed by atoms with van der Waals surface area (Å²) in [6, 6.07) is 4.74. The van der Waals surface area contributed by atoms with E-state index in [0.717, 1.165) is 0 Å². The molecule has 2 N–H and O–H groups in total. The van der Waals surface area contributed by atoms with E-state index in [1.807, 2.05) is 0 Å². The fraction of sp³-hybridized carbons (Fsp3) is 0.200. The molecule has 1 aromatic carbocycles. The van der Waals surface area contributed by atoms with E-state index in [2.05, 4.69) is 0 Å². The fourth-order valence-corrected chi connectivity index (χ4v) is 1.49. The monoisotopic (exact) mass is 228 g/mol. The molecule has 0 aliphatic heterocycles. The topological polar surface area (TPSA) is 74.6 Å². The molecule has 1 rings (SSSR count). The van der Waals surface area contributed by atoms with Gasteiger partial charge in [-0.1, -0.05) is 29.8 Å². The first-order chi connectivity index (χ1) is 7.00. The fourth-order valence-electron chi connectivity index (χ4n) is 1.23. The summed E-state index contributed by atoms with van der Waals surface area (Å²) in [7, 11) is 0. The number of carbonyl (C=O) groups is 2. The molecule has 0 radical (unpaired) electrons. The number of halogens is 1. The van der Waals surface area contributed by atoms with Crippen LogP contribution in [-0.4, -0.2) is 22.2 Å². The Balaban J connectivity index is 2.99. The van der Waals surface area contributed by atoms with Crippen LogP contribution in [0.4, 0.5) is 0 Å². The lowest BCUT2D eigenvalue weighted by Gasteiger charge is -2.05. The number of aliphatic carboxylic acids is 2. The zero-order valence-corrected chi connectivity index (χ0v) is 8.49. The molecule has 0 spiro atoms. The maximum atomic E-state index is 10.5. The highest BCUT2D eigenvalue weighted by Gasteiger charge is 2.11. The molecule has 0 aromatic heterocycles. The number of carboxylic acids is 2. The molecule has 0 unspecified atom stereocenters. The minimum absolute atomic E-state index is 0.202. The first-order valence-electron chi connectivity index (χ1n) is 4.20. The third-order valence-electron chi connectivity index (χ3n) is 1.84. The summed E-state index contributed by atoms with van der Waals surface area (Å²) in [6.45, 7) is 0. The standard InChI is InChI=1S/C10H9ClO4/c11-10-6(4-8(12)13)2-1-3-7(10)5-9(14)15/h1-3H,4-5H2,(H,12,13)(H,14,15). The van der Waals surface area contributed by atoms with Crippen molar-refractivity contribution in [1.82, 2.24) is 0 Å². The number of hydrogen-bond acceptors (Lipinski definition) is 2. The lowest BCUT2D eigenvalue weighted by molar-refractivity contribution is -0.137. The number of carboxylic acid groups (broad SMARTS) is 2. The van der Waals surface area contributed by atoms with Crippen LogP contribution in [0.2, 0.25) is 5.02 Å². The molecule has 0 amide bonds. The minimum atomic E-state index is -0.996. The molecule has 5 heteroatoms. The molecule has 0 aliphatic rings. The van der Waals surface area contributed by atoms with Crippen molar-refractivity contribution in [2.24, 2.45) is 0 Å². The first-order valence-corrected chi connectivity index (χ1v) is 4.58. The largest absolute Gasteiger partial charge is 0.481 e. The van der Waals surface area contributed by atoms with Gasteiger partial charge in [0.1, 0.15) is 0 Å². The Kier molecular flexibility index (Phi) is 3.68. The lowest BCUT2D eigenvalue weighted by atomic mass is 10.1. The average Bonchev–Trinajstić information content (AvgIpc) is 2.10. The molecule has 1 aromatic rings. The predicted molar refractivity (Wildman–Crippen MR) is 54.1 cm³/mol. The van der Waals surface area contributed by atoms with Gasteiger partial charge in [0.15, 0.2) is 0 Å². The number of rotatable bonds is 4. The predicted octanol–water partition coefficient (Wildman–Crippen LogP) is 1.59. The summed E-state index contributed by atoms with van der Waals surface area (Å²) in [5.74, 6) is -1.99. The van der Waals surface area contributed by atoms with Gasteiger partial charge in [0.2, 0.25) is 0 Å². The highest BCUT2D eigenvalue weighted by Crippen LogP contribution is 2.22. The molecule has 0 bridgehead atoms. The minimum Gasteiger partial charge on any atom is -0.481 e. The van der Waals surface area contributed by atoms with E-state index in [0.29, 0.717) is 11.1 Å². The van der Waals surface area contributed by atoms with Crippen molar-refractivity contribution in [3.8, 4) is 0 Å². The molecule has 0 saturated heterocycles. The normalized spacial score (nSPS) is 9.93. The first kappa shape index (κ1) is 11.5. The van der Waals surface area contributed by atoms with Gasteiger partial charge in [-0.2, -0.15) is 0 Å². The maximum absolute atomic E-state index is 10.5. The van der Waals surface area contributed by atoms with Crippen LogP contribution in [0.25, 0.3) is 0 Å². The van der Waals surface area contributed by atoms with Crippen LogP contribution in [0.15, 0.2) is 18.2 Å². The Hall–Kier alpha value is -1.55. The second kappa shape index (κ2) is 4.79. The van der Waals surface area contributed by atoms with Gasteiger partial charge < -0.3 is 10.2 Å².